The molecule has 3 heteroatoms. The first-order valence-corrected chi connectivity index (χ1v) is 9.25. The predicted octanol–water partition coefficient (Wildman–Crippen LogP) is 4.06. The van der Waals surface area contributed by atoms with Gasteiger partial charge in [0.1, 0.15) is 0 Å². The number of anilines is 2. The monoisotopic (exact) mass is 299 g/mol. The lowest BCUT2D eigenvalue weighted by atomic mass is 9.98. The summed E-state index contributed by atoms with van der Waals surface area (Å²) in [5, 5.41) is 3.54. The highest BCUT2D eigenvalue weighted by atomic mass is 15.3. The van der Waals surface area contributed by atoms with E-state index in [9.17, 15) is 0 Å². The van der Waals surface area contributed by atoms with Gasteiger partial charge < -0.3 is 15.1 Å². The van der Waals surface area contributed by atoms with Gasteiger partial charge in [0.2, 0.25) is 0 Å². The number of nitrogens with zero attached hydrogens (tertiary/aromatic N) is 2. The van der Waals surface area contributed by atoms with Gasteiger partial charge in [0.05, 0.1) is 18.0 Å². The maximum atomic E-state index is 3.54. The minimum absolute atomic E-state index is 0.721. The molecule has 2 heterocycles. The molecular formula is C19H29N3. The van der Waals surface area contributed by atoms with Gasteiger partial charge in [-0.3, -0.25) is 0 Å². The molecule has 0 bridgehead atoms. The number of piperidine rings is 1. The second-order valence-corrected chi connectivity index (χ2v) is 7.23. The van der Waals surface area contributed by atoms with Gasteiger partial charge in [0.25, 0.3) is 0 Å². The molecule has 22 heavy (non-hydrogen) atoms. The van der Waals surface area contributed by atoms with E-state index in [1.807, 2.05) is 0 Å². The van der Waals surface area contributed by atoms with Crippen molar-refractivity contribution < 1.29 is 0 Å². The molecule has 2 fully saturated rings. The van der Waals surface area contributed by atoms with Crippen molar-refractivity contribution in [3.8, 4) is 0 Å². The van der Waals surface area contributed by atoms with E-state index < -0.39 is 0 Å². The van der Waals surface area contributed by atoms with Crippen LogP contribution in [0.15, 0.2) is 24.3 Å². The molecule has 1 aromatic rings. The Kier molecular flexibility index (Phi) is 4.24. The van der Waals surface area contributed by atoms with Crippen molar-refractivity contribution in [2.24, 2.45) is 0 Å². The van der Waals surface area contributed by atoms with Crippen molar-refractivity contribution >= 4 is 11.4 Å². The Balaban J connectivity index is 1.36. The molecule has 0 aromatic heterocycles. The Bertz CT molecular complexity index is 485. The third-order valence-electron chi connectivity index (χ3n) is 5.93. The maximum absolute atomic E-state index is 3.54. The van der Waals surface area contributed by atoms with Gasteiger partial charge in [-0.25, -0.2) is 0 Å². The van der Waals surface area contributed by atoms with Crippen LogP contribution in [0, 0.1) is 0 Å². The van der Waals surface area contributed by atoms with Gasteiger partial charge in [0.15, 0.2) is 0 Å². The van der Waals surface area contributed by atoms with Crippen molar-refractivity contribution in [3.05, 3.63) is 24.3 Å². The smallest absolute Gasteiger partial charge is 0.0880 e. The van der Waals surface area contributed by atoms with Crippen molar-refractivity contribution in [1.82, 2.24) is 4.90 Å². The number of likely N-dealkylation sites (tertiary alicyclic amines) is 1. The first-order valence-electron chi connectivity index (χ1n) is 9.25. The summed E-state index contributed by atoms with van der Waals surface area (Å²) in [4.78, 5) is 5.40. The average Bonchev–Trinajstić information content (AvgIpc) is 2.81. The van der Waals surface area contributed by atoms with Crippen molar-refractivity contribution in [2.45, 2.75) is 63.5 Å². The van der Waals surface area contributed by atoms with Crippen LogP contribution in [0.25, 0.3) is 0 Å². The molecule has 3 nitrogen and oxygen atoms in total. The van der Waals surface area contributed by atoms with Crippen LogP contribution < -0.4 is 10.2 Å². The molecule has 2 aliphatic heterocycles. The Labute approximate surface area is 134 Å². The first-order chi connectivity index (χ1) is 10.9. The van der Waals surface area contributed by atoms with Crippen LogP contribution >= 0.6 is 0 Å². The number of rotatable bonds is 2. The minimum Gasteiger partial charge on any atom is -0.366 e. The van der Waals surface area contributed by atoms with Gasteiger partial charge >= 0.3 is 0 Å². The molecule has 0 radical (unpaired) electrons. The Morgan fingerprint density at radius 3 is 2.32 bits per heavy atom. The van der Waals surface area contributed by atoms with Gasteiger partial charge in [-0.05, 0) is 37.8 Å². The Hall–Kier alpha value is -1.22. The molecule has 3 aliphatic rings. The van der Waals surface area contributed by atoms with Gasteiger partial charge in [-0.1, -0.05) is 37.8 Å². The zero-order valence-corrected chi connectivity index (χ0v) is 13.6. The SMILES string of the molecule is c1ccc2c(c1)NCN2C1CCN(C2CCCCCC2)CC1. The zero-order chi connectivity index (χ0) is 14.8. The van der Waals surface area contributed by atoms with E-state index in [1.165, 1.54) is 75.8 Å². The lowest BCUT2D eigenvalue weighted by molar-refractivity contribution is 0.138. The van der Waals surface area contributed by atoms with Crippen molar-refractivity contribution in [2.75, 3.05) is 30.0 Å². The molecule has 4 rings (SSSR count). The van der Waals surface area contributed by atoms with E-state index in [4.69, 9.17) is 0 Å². The lowest BCUT2D eigenvalue weighted by Crippen LogP contribution is -2.48. The summed E-state index contributed by atoms with van der Waals surface area (Å²) >= 11 is 0. The number of hydrogen-bond acceptors (Lipinski definition) is 3. The number of fused-ring (bicyclic) bond motifs is 1. The van der Waals surface area contributed by atoms with Gasteiger partial charge in [0, 0.05) is 25.2 Å². The largest absolute Gasteiger partial charge is 0.366 e. The molecule has 1 saturated heterocycles. The number of hydrogen-bond donors (Lipinski definition) is 1. The summed E-state index contributed by atoms with van der Waals surface area (Å²) in [6, 6.07) is 10.4. The maximum Gasteiger partial charge on any atom is 0.0880 e. The molecule has 1 saturated carbocycles. The van der Waals surface area contributed by atoms with Crippen LogP contribution in [0.5, 0.6) is 0 Å². The predicted molar refractivity (Wildman–Crippen MR) is 93.5 cm³/mol. The van der Waals surface area contributed by atoms with Crippen LogP contribution in [-0.2, 0) is 0 Å². The van der Waals surface area contributed by atoms with Crippen LogP contribution in [0.3, 0.4) is 0 Å². The topological polar surface area (TPSA) is 18.5 Å². The Morgan fingerprint density at radius 1 is 0.818 bits per heavy atom. The number of nitrogens with one attached hydrogen (secondary N) is 1. The number of benzene rings is 1. The molecule has 1 aliphatic carbocycles. The van der Waals surface area contributed by atoms with Crippen molar-refractivity contribution in [3.63, 3.8) is 0 Å². The Morgan fingerprint density at radius 2 is 1.55 bits per heavy atom. The second kappa shape index (κ2) is 6.49. The second-order valence-electron chi connectivity index (χ2n) is 7.23. The van der Waals surface area contributed by atoms with Crippen molar-refractivity contribution in [1.29, 1.82) is 0 Å². The quantitative estimate of drug-likeness (QED) is 0.831. The molecule has 1 aromatic carbocycles. The van der Waals surface area contributed by atoms with E-state index in [0.717, 1.165) is 18.8 Å². The highest BCUT2D eigenvalue weighted by Crippen LogP contribution is 2.35. The molecule has 0 spiro atoms. The molecule has 0 amide bonds. The van der Waals surface area contributed by atoms with E-state index in [2.05, 4.69) is 39.4 Å². The van der Waals surface area contributed by atoms with E-state index >= 15 is 0 Å². The minimum atomic E-state index is 0.721. The fourth-order valence-corrected chi connectivity index (χ4v) is 4.64. The number of para-hydroxylation sites is 2. The van der Waals surface area contributed by atoms with Crippen LogP contribution in [0.4, 0.5) is 11.4 Å². The molecule has 1 N–H and O–H groups in total. The van der Waals surface area contributed by atoms with Gasteiger partial charge in [-0.15, -0.1) is 0 Å². The van der Waals surface area contributed by atoms with E-state index in [1.54, 1.807) is 0 Å². The summed E-state index contributed by atoms with van der Waals surface area (Å²) < 4.78 is 0. The average molecular weight is 299 g/mol. The van der Waals surface area contributed by atoms with Crippen LogP contribution in [0.1, 0.15) is 51.4 Å². The normalized spacial score (nSPS) is 24.8. The third kappa shape index (κ3) is 2.83. The summed E-state index contributed by atoms with van der Waals surface area (Å²) in [6.45, 7) is 3.59. The standard InChI is InChI=1S/C19H29N3/c1-2-4-8-16(7-3-1)21-13-11-17(12-14-21)22-15-20-18-9-5-6-10-19(18)22/h5-6,9-10,16-17,20H,1-4,7-8,11-15H2. The van der Waals surface area contributed by atoms with Crippen LogP contribution in [-0.4, -0.2) is 36.7 Å². The molecule has 0 unspecified atom stereocenters. The fourth-order valence-electron chi connectivity index (χ4n) is 4.64. The summed E-state index contributed by atoms with van der Waals surface area (Å²) in [5.41, 5.74) is 2.73. The third-order valence-corrected chi connectivity index (χ3v) is 5.93. The molecule has 0 atom stereocenters. The lowest BCUT2D eigenvalue weighted by Gasteiger charge is -2.40. The summed E-state index contributed by atoms with van der Waals surface area (Å²) in [6.07, 6.45) is 11.4. The summed E-state index contributed by atoms with van der Waals surface area (Å²) in [7, 11) is 0. The first kappa shape index (κ1) is 14.4. The highest BCUT2D eigenvalue weighted by Gasteiger charge is 2.31. The van der Waals surface area contributed by atoms with Crippen LogP contribution in [0.2, 0.25) is 0 Å². The summed E-state index contributed by atoms with van der Waals surface area (Å²) in [5.74, 6) is 0. The zero-order valence-electron chi connectivity index (χ0n) is 13.6. The fraction of sp³-hybridized carbons (Fsp3) is 0.684. The molecular weight excluding hydrogens is 270 g/mol. The van der Waals surface area contributed by atoms with E-state index in [-0.39, 0.29) is 0 Å². The van der Waals surface area contributed by atoms with E-state index in [0.29, 0.717) is 0 Å². The highest BCUT2D eigenvalue weighted by molar-refractivity contribution is 5.74. The molecule has 120 valence electrons. The van der Waals surface area contributed by atoms with Gasteiger partial charge in [-0.2, -0.15) is 0 Å².